The number of carboxylic acids is 1. The van der Waals surface area contributed by atoms with E-state index >= 15 is 0 Å². The lowest BCUT2D eigenvalue weighted by atomic mass is 10.2. The Morgan fingerprint density at radius 2 is 2.00 bits per heavy atom. The number of rotatable bonds is 3. The molecule has 1 N–H and O–H groups in total. The first kappa shape index (κ1) is 12.8. The number of para-hydroxylation sites is 1. The van der Waals surface area contributed by atoms with Crippen molar-refractivity contribution in [3.8, 4) is 5.69 Å². The van der Waals surface area contributed by atoms with Crippen LogP contribution < -0.4 is 0 Å². The second-order valence-electron chi connectivity index (χ2n) is 3.90. The van der Waals surface area contributed by atoms with E-state index in [2.05, 4.69) is 5.10 Å². The Morgan fingerprint density at radius 1 is 1.32 bits per heavy atom. The van der Waals surface area contributed by atoms with Crippen molar-refractivity contribution in [3.05, 3.63) is 47.3 Å². The van der Waals surface area contributed by atoms with Gasteiger partial charge in [0, 0.05) is 5.69 Å². The maximum atomic E-state index is 11.7. The van der Waals surface area contributed by atoms with Crippen LogP contribution in [-0.4, -0.2) is 33.9 Å². The molecule has 0 fully saturated rings. The summed E-state index contributed by atoms with van der Waals surface area (Å²) in [5.74, 6) is -1.61. The standard InChI is InChI=1S/C13H12N2O4/c1-8-7-10(12(16)17)14-15(8)11-6-4-3-5-9(11)13(18)19-2/h3-7H,1-2H3,(H,16,17). The number of carboxylic acid groups (broad SMARTS) is 1. The third kappa shape index (κ3) is 2.33. The number of nitrogens with zero attached hydrogens (tertiary/aromatic N) is 2. The molecule has 6 heteroatoms. The SMILES string of the molecule is COC(=O)c1ccccc1-n1nc(C(=O)O)cc1C. The van der Waals surface area contributed by atoms with Crippen molar-refractivity contribution in [1.82, 2.24) is 9.78 Å². The van der Waals surface area contributed by atoms with E-state index in [-0.39, 0.29) is 5.69 Å². The summed E-state index contributed by atoms with van der Waals surface area (Å²) in [6, 6.07) is 8.16. The normalized spacial score (nSPS) is 10.2. The van der Waals surface area contributed by atoms with Crippen molar-refractivity contribution >= 4 is 11.9 Å². The Kier molecular flexibility index (Phi) is 3.33. The predicted octanol–water partition coefficient (Wildman–Crippen LogP) is 1.67. The number of methoxy groups -OCH3 is 1. The van der Waals surface area contributed by atoms with Crippen LogP contribution in [0.3, 0.4) is 0 Å². The van der Waals surface area contributed by atoms with Crippen LogP contribution in [0.5, 0.6) is 0 Å². The Labute approximate surface area is 109 Å². The third-order valence-electron chi connectivity index (χ3n) is 2.64. The number of ether oxygens (including phenoxy) is 1. The highest BCUT2D eigenvalue weighted by atomic mass is 16.5. The van der Waals surface area contributed by atoms with Gasteiger partial charge in [0.05, 0.1) is 18.4 Å². The van der Waals surface area contributed by atoms with Crippen molar-refractivity contribution in [1.29, 1.82) is 0 Å². The van der Waals surface area contributed by atoms with Gasteiger partial charge in [-0.15, -0.1) is 0 Å². The number of aromatic carboxylic acids is 1. The van der Waals surface area contributed by atoms with Crippen molar-refractivity contribution in [3.63, 3.8) is 0 Å². The number of aryl methyl sites for hydroxylation is 1. The first-order chi connectivity index (χ1) is 9.04. The highest BCUT2D eigenvalue weighted by Crippen LogP contribution is 2.17. The van der Waals surface area contributed by atoms with E-state index in [0.29, 0.717) is 16.9 Å². The molecule has 0 saturated heterocycles. The van der Waals surface area contributed by atoms with Gasteiger partial charge in [-0.3, -0.25) is 0 Å². The van der Waals surface area contributed by atoms with Crippen LogP contribution in [0.2, 0.25) is 0 Å². The molecular weight excluding hydrogens is 248 g/mol. The molecule has 0 unspecified atom stereocenters. The molecule has 0 bridgehead atoms. The Morgan fingerprint density at radius 3 is 2.58 bits per heavy atom. The van der Waals surface area contributed by atoms with Crippen LogP contribution in [0.15, 0.2) is 30.3 Å². The molecule has 98 valence electrons. The van der Waals surface area contributed by atoms with E-state index in [4.69, 9.17) is 9.84 Å². The fourth-order valence-electron chi connectivity index (χ4n) is 1.76. The molecule has 0 aliphatic carbocycles. The summed E-state index contributed by atoms with van der Waals surface area (Å²) in [6.07, 6.45) is 0. The highest BCUT2D eigenvalue weighted by Gasteiger charge is 2.17. The second kappa shape index (κ2) is 4.93. The number of esters is 1. The van der Waals surface area contributed by atoms with Gasteiger partial charge >= 0.3 is 11.9 Å². The van der Waals surface area contributed by atoms with Gasteiger partial charge < -0.3 is 9.84 Å². The van der Waals surface area contributed by atoms with E-state index in [1.165, 1.54) is 17.9 Å². The van der Waals surface area contributed by atoms with Gasteiger partial charge in [0.25, 0.3) is 0 Å². The van der Waals surface area contributed by atoms with E-state index < -0.39 is 11.9 Å². The molecule has 0 radical (unpaired) electrons. The minimum Gasteiger partial charge on any atom is -0.476 e. The average molecular weight is 260 g/mol. The number of carbonyl (C=O) groups excluding carboxylic acids is 1. The molecule has 6 nitrogen and oxygen atoms in total. The minimum absolute atomic E-state index is 0.0721. The summed E-state index contributed by atoms with van der Waals surface area (Å²) in [7, 11) is 1.29. The molecule has 2 rings (SSSR count). The number of hydrogen-bond donors (Lipinski definition) is 1. The fraction of sp³-hybridized carbons (Fsp3) is 0.154. The molecule has 19 heavy (non-hydrogen) atoms. The number of aromatic nitrogens is 2. The molecule has 0 amide bonds. The van der Waals surface area contributed by atoms with E-state index in [1.807, 2.05) is 0 Å². The zero-order valence-electron chi connectivity index (χ0n) is 10.5. The quantitative estimate of drug-likeness (QED) is 0.849. The molecule has 2 aromatic rings. The van der Waals surface area contributed by atoms with Crippen LogP contribution in [-0.2, 0) is 4.74 Å². The van der Waals surface area contributed by atoms with Gasteiger partial charge in [-0.25, -0.2) is 14.3 Å². The average Bonchev–Trinajstić information content (AvgIpc) is 2.80. The second-order valence-corrected chi connectivity index (χ2v) is 3.90. The van der Waals surface area contributed by atoms with Crippen LogP contribution in [0, 0.1) is 6.92 Å². The predicted molar refractivity (Wildman–Crippen MR) is 66.6 cm³/mol. The smallest absolute Gasteiger partial charge is 0.356 e. The van der Waals surface area contributed by atoms with Crippen LogP contribution in [0.25, 0.3) is 5.69 Å². The Balaban J connectivity index is 2.59. The summed E-state index contributed by atoms with van der Waals surface area (Å²) in [5, 5.41) is 12.9. The first-order valence-corrected chi connectivity index (χ1v) is 5.52. The molecule has 0 saturated carbocycles. The maximum absolute atomic E-state index is 11.7. The summed E-state index contributed by atoms with van der Waals surface area (Å²) in [4.78, 5) is 22.6. The van der Waals surface area contributed by atoms with Gasteiger partial charge in [0.15, 0.2) is 5.69 Å². The number of benzene rings is 1. The van der Waals surface area contributed by atoms with Crippen LogP contribution >= 0.6 is 0 Å². The largest absolute Gasteiger partial charge is 0.476 e. The highest BCUT2D eigenvalue weighted by molar-refractivity contribution is 5.93. The fourth-order valence-corrected chi connectivity index (χ4v) is 1.76. The first-order valence-electron chi connectivity index (χ1n) is 5.52. The molecule has 0 spiro atoms. The lowest BCUT2D eigenvalue weighted by Gasteiger charge is -2.09. The molecule has 0 aliphatic rings. The monoisotopic (exact) mass is 260 g/mol. The summed E-state index contributed by atoms with van der Waals surface area (Å²) in [6.45, 7) is 1.72. The van der Waals surface area contributed by atoms with E-state index in [0.717, 1.165) is 0 Å². The van der Waals surface area contributed by atoms with Crippen molar-refractivity contribution in [2.24, 2.45) is 0 Å². The molecule has 1 aromatic heterocycles. The Bertz CT molecular complexity index is 646. The lowest BCUT2D eigenvalue weighted by molar-refractivity contribution is 0.0600. The van der Waals surface area contributed by atoms with Gasteiger partial charge in [-0.2, -0.15) is 5.10 Å². The zero-order chi connectivity index (χ0) is 14.0. The van der Waals surface area contributed by atoms with Gasteiger partial charge in [-0.1, -0.05) is 12.1 Å². The topological polar surface area (TPSA) is 81.4 Å². The van der Waals surface area contributed by atoms with Crippen molar-refractivity contribution < 1.29 is 19.4 Å². The summed E-state index contributed by atoms with van der Waals surface area (Å²) < 4.78 is 6.11. The van der Waals surface area contributed by atoms with Crippen molar-refractivity contribution in [2.75, 3.05) is 7.11 Å². The molecule has 0 atom stereocenters. The molecule has 1 aromatic carbocycles. The van der Waals surface area contributed by atoms with E-state index in [1.54, 1.807) is 31.2 Å². The molecule has 1 heterocycles. The van der Waals surface area contributed by atoms with Crippen LogP contribution in [0.1, 0.15) is 26.5 Å². The summed E-state index contributed by atoms with van der Waals surface area (Å²) >= 11 is 0. The zero-order valence-corrected chi connectivity index (χ0v) is 10.5. The molecular formula is C13H12N2O4. The minimum atomic E-state index is -1.11. The van der Waals surface area contributed by atoms with Gasteiger partial charge in [0.1, 0.15) is 0 Å². The number of carbonyl (C=O) groups is 2. The third-order valence-corrected chi connectivity index (χ3v) is 2.64. The van der Waals surface area contributed by atoms with Gasteiger partial charge in [-0.05, 0) is 25.1 Å². The van der Waals surface area contributed by atoms with Gasteiger partial charge in [0.2, 0.25) is 0 Å². The van der Waals surface area contributed by atoms with Crippen molar-refractivity contribution in [2.45, 2.75) is 6.92 Å². The molecule has 0 aliphatic heterocycles. The van der Waals surface area contributed by atoms with Crippen LogP contribution in [0.4, 0.5) is 0 Å². The lowest BCUT2D eigenvalue weighted by Crippen LogP contribution is -2.10. The summed E-state index contributed by atoms with van der Waals surface area (Å²) in [5.41, 5.74) is 1.36. The maximum Gasteiger partial charge on any atom is 0.356 e. The number of hydrogen-bond acceptors (Lipinski definition) is 4. The Hall–Kier alpha value is -2.63. The van der Waals surface area contributed by atoms with E-state index in [9.17, 15) is 9.59 Å².